The minimum absolute atomic E-state index is 0.159. The Kier molecular flexibility index (Phi) is 9.56. The molecule has 0 aromatic heterocycles. The number of nitrogens with zero attached hydrogens (tertiary/aromatic N) is 2. The molecule has 3 aromatic rings. The molecule has 1 atom stereocenters. The van der Waals surface area contributed by atoms with Gasteiger partial charge in [-0.15, -0.1) is 0 Å². The lowest BCUT2D eigenvalue weighted by Crippen LogP contribution is -2.56. The molecule has 0 aliphatic carbocycles. The highest BCUT2D eigenvalue weighted by atomic mass is 32.2. The highest BCUT2D eigenvalue weighted by Crippen LogP contribution is 2.24. The normalized spacial score (nSPS) is 12.5. The fourth-order valence-electron chi connectivity index (χ4n) is 4.42. The molecule has 208 valence electrons. The molecule has 39 heavy (non-hydrogen) atoms. The van der Waals surface area contributed by atoms with E-state index in [1.807, 2.05) is 88.4 Å². The van der Waals surface area contributed by atoms with Crippen LogP contribution in [-0.4, -0.2) is 49.5 Å². The molecule has 1 N–H and O–H groups in total. The van der Waals surface area contributed by atoms with Crippen LogP contribution in [-0.2, 0) is 32.6 Å². The van der Waals surface area contributed by atoms with Gasteiger partial charge in [-0.3, -0.25) is 13.9 Å². The van der Waals surface area contributed by atoms with Gasteiger partial charge in [-0.05, 0) is 62.9 Å². The van der Waals surface area contributed by atoms with Crippen LogP contribution < -0.4 is 9.62 Å². The average Bonchev–Trinajstić information content (AvgIpc) is 2.85. The summed E-state index contributed by atoms with van der Waals surface area (Å²) >= 11 is 0. The van der Waals surface area contributed by atoms with Gasteiger partial charge in [0.1, 0.15) is 12.6 Å². The molecule has 2 amide bonds. The largest absolute Gasteiger partial charge is 0.350 e. The van der Waals surface area contributed by atoms with Gasteiger partial charge in [-0.1, -0.05) is 72.8 Å². The molecule has 8 heteroatoms. The molecular weight excluding hydrogens is 510 g/mol. The number of aryl methyl sites for hydroxylation is 2. The van der Waals surface area contributed by atoms with Crippen molar-refractivity contribution < 1.29 is 18.0 Å². The maximum atomic E-state index is 14.1. The first-order valence-electron chi connectivity index (χ1n) is 13.0. The smallest absolute Gasteiger partial charge is 0.244 e. The molecular formula is C31H39N3O4S. The monoisotopic (exact) mass is 549 g/mol. The standard InChI is InChI=1S/C31H39N3O4S/c1-23-14-10-12-18-26(23)21-33(28(30(36)32-31(3,4)5)20-25-16-8-7-9-17-25)29(35)22-34(39(6,37)38)27-19-13-11-15-24(27)2/h7-19,28H,20-22H2,1-6H3,(H,32,36)/t28-/m1/s1. The van der Waals surface area contributed by atoms with Gasteiger partial charge >= 0.3 is 0 Å². The second-order valence-corrected chi connectivity index (χ2v) is 12.9. The number of hydrogen-bond acceptors (Lipinski definition) is 4. The topological polar surface area (TPSA) is 86.8 Å². The Bertz CT molecular complexity index is 1400. The Morgan fingerprint density at radius 1 is 0.846 bits per heavy atom. The first kappa shape index (κ1) is 29.9. The van der Waals surface area contributed by atoms with Gasteiger partial charge in [0.25, 0.3) is 0 Å². The van der Waals surface area contributed by atoms with Crippen molar-refractivity contribution in [2.45, 2.75) is 59.2 Å². The van der Waals surface area contributed by atoms with E-state index in [9.17, 15) is 18.0 Å². The van der Waals surface area contributed by atoms with Crippen molar-refractivity contribution in [3.8, 4) is 0 Å². The Labute approximate surface area is 232 Å². The second-order valence-electron chi connectivity index (χ2n) is 10.9. The second kappa shape index (κ2) is 12.5. The predicted molar refractivity (Wildman–Crippen MR) is 157 cm³/mol. The molecule has 0 aliphatic heterocycles. The highest BCUT2D eigenvalue weighted by molar-refractivity contribution is 7.92. The third-order valence-electron chi connectivity index (χ3n) is 6.43. The van der Waals surface area contributed by atoms with Crippen LogP contribution in [0.15, 0.2) is 78.9 Å². The summed E-state index contributed by atoms with van der Waals surface area (Å²) in [6, 6.07) is 23.4. The summed E-state index contributed by atoms with van der Waals surface area (Å²) in [5.74, 6) is -0.757. The van der Waals surface area contributed by atoms with Gasteiger partial charge in [0.2, 0.25) is 21.8 Å². The first-order valence-corrected chi connectivity index (χ1v) is 14.8. The van der Waals surface area contributed by atoms with Crippen LogP contribution in [0.1, 0.15) is 43.0 Å². The molecule has 0 radical (unpaired) electrons. The van der Waals surface area contributed by atoms with Crippen molar-refractivity contribution in [3.05, 3.63) is 101 Å². The molecule has 0 saturated carbocycles. The molecule has 0 aliphatic rings. The lowest BCUT2D eigenvalue weighted by molar-refractivity contribution is -0.140. The zero-order chi connectivity index (χ0) is 28.8. The Morgan fingerprint density at radius 3 is 1.97 bits per heavy atom. The maximum absolute atomic E-state index is 14.1. The number of hydrogen-bond donors (Lipinski definition) is 1. The summed E-state index contributed by atoms with van der Waals surface area (Å²) in [7, 11) is -3.80. The highest BCUT2D eigenvalue weighted by Gasteiger charge is 2.34. The van der Waals surface area contributed by atoms with Crippen molar-refractivity contribution in [1.82, 2.24) is 10.2 Å². The number of amides is 2. The number of para-hydroxylation sites is 1. The van der Waals surface area contributed by atoms with E-state index in [4.69, 9.17) is 0 Å². The molecule has 0 unspecified atom stereocenters. The van der Waals surface area contributed by atoms with E-state index in [2.05, 4.69) is 5.32 Å². The van der Waals surface area contributed by atoms with E-state index in [-0.39, 0.29) is 18.9 Å². The minimum Gasteiger partial charge on any atom is -0.350 e. The first-order chi connectivity index (χ1) is 18.3. The van der Waals surface area contributed by atoms with Crippen LogP contribution in [0, 0.1) is 13.8 Å². The molecule has 0 heterocycles. The van der Waals surface area contributed by atoms with Crippen molar-refractivity contribution >= 4 is 27.5 Å². The lowest BCUT2D eigenvalue weighted by atomic mass is 10.00. The molecule has 7 nitrogen and oxygen atoms in total. The molecule has 0 fully saturated rings. The SMILES string of the molecule is Cc1ccccc1CN(C(=O)CN(c1ccccc1C)S(C)(=O)=O)[C@H](Cc1ccccc1)C(=O)NC(C)(C)C. The van der Waals surface area contributed by atoms with E-state index in [1.54, 1.807) is 25.1 Å². The zero-order valence-electron chi connectivity index (χ0n) is 23.6. The van der Waals surface area contributed by atoms with Crippen LogP contribution in [0.3, 0.4) is 0 Å². The number of rotatable bonds is 10. The van der Waals surface area contributed by atoms with Gasteiger partial charge < -0.3 is 10.2 Å². The lowest BCUT2D eigenvalue weighted by Gasteiger charge is -2.35. The molecule has 3 aromatic carbocycles. The van der Waals surface area contributed by atoms with E-state index in [0.29, 0.717) is 5.69 Å². The number of carbonyl (C=O) groups excluding carboxylic acids is 2. The maximum Gasteiger partial charge on any atom is 0.244 e. The van der Waals surface area contributed by atoms with E-state index < -0.39 is 34.1 Å². The Hall–Kier alpha value is -3.65. The van der Waals surface area contributed by atoms with Gasteiger partial charge in [-0.2, -0.15) is 0 Å². The van der Waals surface area contributed by atoms with Crippen molar-refractivity contribution in [2.24, 2.45) is 0 Å². The summed E-state index contributed by atoms with van der Waals surface area (Å²) in [5.41, 5.74) is 3.39. The van der Waals surface area contributed by atoms with Crippen LogP contribution in [0.2, 0.25) is 0 Å². The van der Waals surface area contributed by atoms with E-state index >= 15 is 0 Å². The van der Waals surface area contributed by atoms with Crippen LogP contribution >= 0.6 is 0 Å². The predicted octanol–water partition coefficient (Wildman–Crippen LogP) is 4.62. The van der Waals surface area contributed by atoms with Gasteiger partial charge in [0, 0.05) is 18.5 Å². The minimum atomic E-state index is -3.80. The number of nitrogens with one attached hydrogen (secondary N) is 1. The molecule has 3 rings (SSSR count). The summed E-state index contributed by atoms with van der Waals surface area (Å²) in [6.07, 6.45) is 1.37. The van der Waals surface area contributed by atoms with Gasteiger partial charge in [0.15, 0.2) is 0 Å². The third-order valence-corrected chi connectivity index (χ3v) is 7.56. The van der Waals surface area contributed by atoms with E-state index in [0.717, 1.165) is 32.8 Å². The fourth-order valence-corrected chi connectivity index (χ4v) is 5.32. The zero-order valence-corrected chi connectivity index (χ0v) is 24.5. The summed E-state index contributed by atoms with van der Waals surface area (Å²) < 4.78 is 26.9. The quantitative estimate of drug-likeness (QED) is 0.400. The third kappa shape index (κ3) is 8.42. The summed E-state index contributed by atoms with van der Waals surface area (Å²) in [4.78, 5) is 29.4. The van der Waals surface area contributed by atoms with Crippen LogP contribution in [0.4, 0.5) is 5.69 Å². The van der Waals surface area contributed by atoms with Gasteiger partial charge in [0.05, 0.1) is 11.9 Å². The van der Waals surface area contributed by atoms with Crippen LogP contribution in [0.25, 0.3) is 0 Å². The van der Waals surface area contributed by atoms with E-state index in [1.165, 1.54) is 4.90 Å². The summed E-state index contributed by atoms with van der Waals surface area (Å²) in [5, 5.41) is 3.03. The fraction of sp³-hybridized carbons (Fsp3) is 0.355. The summed E-state index contributed by atoms with van der Waals surface area (Å²) in [6.45, 7) is 9.16. The average molecular weight is 550 g/mol. The van der Waals surface area contributed by atoms with Crippen molar-refractivity contribution in [3.63, 3.8) is 0 Å². The molecule has 0 bridgehead atoms. The van der Waals surface area contributed by atoms with Crippen molar-refractivity contribution in [1.29, 1.82) is 0 Å². The number of sulfonamides is 1. The Morgan fingerprint density at radius 2 is 1.41 bits per heavy atom. The molecule has 0 saturated heterocycles. The number of benzene rings is 3. The number of carbonyl (C=O) groups is 2. The number of anilines is 1. The van der Waals surface area contributed by atoms with Gasteiger partial charge in [-0.25, -0.2) is 8.42 Å². The Balaban J connectivity index is 2.10. The molecule has 0 spiro atoms. The van der Waals surface area contributed by atoms with Crippen LogP contribution in [0.5, 0.6) is 0 Å². The van der Waals surface area contributed by atoms with Crippen molar-refractivity contribution in [2.75, 3.05) is 17.1 Å².